The van der Waals surface area contributed by atoms with Crippen molar-refractivity contribution in [1.29, 1.82) is 0 Å². The fourth-order valence-corrected chi connectivity index (χ4v) is 2.06. The molecule has 0 atom stereocenters. The molecule has 1 aliphatic rings. The van der Waals surface area contributed by atoms with Crippen LogP contribution >= 0.6 is 22.6 Å². The van der Waals surface area contributed by atoms with E-state index in [0.29, 0.717) is 6.04 Å². The summed E-state index contributed by atoms with van der Waals surface area (Å²) in [5.41, 5.74) is 1.01. The molecule has 76 valence electrons. The summed E-state index contributed by atoms with van der Waals surface area (Å²) >= 11 is 2.31. The highest BCUT2D eigenvalue weighted by Gasteiger charge is 2.22. The Morgan fingerprint density at radius 1 is 1.27 bits per heavy atom. The van der Waals surface area contributed by atoms with E-state index in [9.17, 15) is 0 Å². The fraction of sp³-hybridized carbons (Fsp3) is 0.273. The Morgan fingerprint density at radius 2 is 2.13 bits per heavy atom. The normalized spacial score (nSPS) is 15.5. The maximum absolute atomic E-state index is 4.30. The number of hydrogen-bond donors (Lipinski definition) is 1. The van der Waals surface area contributed by atoms with Crippen molar-refractivity contribution in [3.8, 4) is 0 Å². The topological polar surface area (TPSA) is 37.8 Å². The summed E-state index contributed by atoms with van der Waals surface area (Å²) < 4.78 is 1.22. The number of aromatic nitrogens is 2. The second-order valence-corrected chi connectivity index (χ2v) is 5.05. The zero-order valence-electron chi connectivity index (χ0n) is 8.07. The van der Waals surface area contributed by atoms with E-state index in [-0.39, 0.29) is 0 Å². The van der Waals surface area contributed by atoms with Gasteiger partial charge in [-0.3, -0.25) is 0 Å². The minimum absolute atomic E-state index is 0.626. The third kappa shape index (κ3) is 1.90. The van der Waals surface area contributed by atoms with E-state index >= 15 is 0 Å². The van der Waals surface area contributed by atoms with E-state index in [2.05, 4.69) is 50.0 Å². The number of hydrogen-bond acceptors (Lipinski definition) is 3. The average molecular weight is 311 g/mol. The van der Waals surface area contributed by atoms with Crippen molar-refractivity contribution in [1.82, 2.24) is 9.97 Å². The molecule has 0 saturated heterocycles. The van der Waals surface area contributed by atoms with Gasteiger partial charge in [-0.15, -0.1) is 0 Å². The number of nitrogens with one attached hydrogen (secondary N) is 1. The summed E-state index contributed by atoms with van der Waals surface area (Å²) in [4.78, 5) is 8.56. The van der Waals surface area contributed by atoms with Crippen LogP contribution in [0.15, 0.2) is 24.5 Å². The van der Waals surface area contributed by atoms with Gasteiger partial charge < -0.3 is 5.32 Å². The quantitative estimate of drug-likeness (QED) is 0.867. The Morgan fingerprint density at radius 3 is 2.93 bits per heavy atom. The molecule has 1 N–H and O–H groups in total. The zero-order chi connectivity index (χ0) is 10.3. The highest BCUT2D eigenvalue weighted by molar-refractivity contribution is 14.1. The van der Waals surface area contributed by atoms with Crippen molar-refractivity contribution in [2.24, 2.45) is 0 Å². The van der Waals surface area contributed by atoms with Gasteiger partial charge in [0.15, 0.2) is 0 Å². The Kier molecular flexibility index (Phi) is 2.23. The highest BCUT2D eigenvalue weighted by Crippen LogP contribution is 2.28. The van der Waals surface area contributed by atoms with Crippen LogP contribution in [0.2, 0.25) is 0 Å². The van der Waals surface area contributed by atoms with E-state index in [0.717, 1.165) is 16.7 Å². The van der Waals surface area contributed by atoms with Gasteiger partial charge >= 0.3 is 0 Å². The maximum atomic E-state index is 4.30. The summed E-state index contributed by atoms with van der Waals surface area (Å²) in [5.74, 6) is 0.973. The smallest absolute Gasteiger partial charge is 0.137 e. The molecule has 0 radical (unpaired) electrons. The van der Waals surface area contributed by atoms with Gasteiger partial charge in [-0.25, -0.2) is 9.97 Å². The number of nitrogens with zero attached hydrogens (tertiary/aromatic N) is 2. The minimum atomic E-state index is 0.626. The molecule has 0 bridgehead atoms. The number of fused-ring (bicyclic) bond motifs is 1. The lowest BCUT2D eigenvalue weighted by Crippen LogP contribution is -2.04. The van der Waals surface area contributed by atoms with Crippen LogP contribution in [0.1, 0.15) is 12.8 Å². The number of rotatable bonds is 2. The Balaban J connectivity index is 2.13. The van der Waals surface area contributed by atoms with Crippen molar-refractivity contribution in [3.63, 3.8) is 0 Å². The molecule has 0 amide bonds. The molecular weight excluding hydrogens is 301 g/mol. The van der Waals surface area contributed by atoms with Gasteiger partial charge in [0.1, 0.15) is 12.1 Å². The van der Waals surface area contributed by atoms with E-state index in [4.69, 9.17) is 0 Å². The van der Waals surface area contributed by atoms with E-state index < -0.39 is 0 Å². The lowest BCUT2D eigenvalue weighted by Gasteiger charge is -2.06. The largest absolute Gasteiger partial charge is 0.367 e. The van der Waals surface area contributed by atoms with Gasteiger partial charge in [0.05, 0.1) is 5.52 Å². The zero-order valence-corrected chi connectivity index (χ0v) is 10.2. The Hall–Kier alpha value is -0.910. The van der Waals surface area contributed by atoms with Gasteiger partial charge in [0.2, 0.25) is 0 Å². The van der Waals surface area contributed by atoms with Crippen LogP contribution in [-0.2, 0) is 0 Å². The molecule has 1 heterocycles. The lowest BCUT2D eigenvalue weighted by atomic mass is 10.2. The van der Waals surface area contributed by atoms with Crippen LogP contribution in [0.3, 0.4) is 0 Å². The number of benzene rings is 1. The summed E-state index contributed by atoms with van der Waals surface area (Å²) in [6, 6.07) is 6.86. The van der Waals surface area contributed by atoms with E-state index in [1.807, 2.05) is 6.07 Å². The predicted octanol–water partition coefficient (Wildman–Crippen LogP) is 2.81. The lowest BCUT2D eigenvalue weighted by molar-refractivity contribution is 1.10. The molecular formula is C11H10IN3. The van der Waals surface area contributed by atoms with E-state index in [1.54, 1.807) is 6.33 Å². The molecule has 3 rings (SSSR count). The molecule has 4 heteroatoms. The van der Waals surface area contributed by atoms with Crippen LogP contribution in [-0.4, -0.2) is 16.0 Å². The Labute approximate surface area is 101 Å². The van der Waals surface area contributed by atoms with Gasteiger partial charge in [0.25, 0.3) is 0 Å². The van der Waals surface area contributed by atoms with Crippen molar-refractivity contribution >= 4 is 39.3 Å². The molecule has 1 aliphatic carbocycles. The molecule has 0 spiro atoms. The SMILES string of the molecule is Ic1ccc2ncnc(NC3CC3)c2c1. The molecule has 15 heavy (non-hydrogen) atoms. The monoisotopic (exact) mass is 311 g/mol. The van der Waals surface area contributed by atoms with Gasteiger partial charge in [-0.2, -0.15) is 0 Å². The molecule has 1 fully saturated rings. The van der Waals surface area contributed by atoms with Crippen LogP contribution in [0.4, 0.5) is 5.82 Å². The van der Waals surface area contributed by atoms with Crippen molar-refractivity contribution < 1.29 is 0 Å². The van der Waals surface area contributed by atoms with Crippen LogP contribution < -0.4 is 5.32 Å². The van der Waals surface area contributed by atoms with Crippen LogP contribution in [0.25, 0.3) is 10.9 Å². The van der Waals surface area contributed by atoms with Crippen molar-refractivity contribution in [2.75, 3.05) is 5.32 Å². The molecule has 0 aliphatic heterocycles. The summed E-state index contributed by atoms with van der Waals surface area (Å²) in [5, 5.41) is 4.55. The average Bonchev–Trinajstić information content (AvgIpc) is 3.03. The molecule has 1 aromatic heterocycles. The minimum Gasteiger partial charge on any atom is -0.367 e. The van der Waals surface area contributed by atoms with Crippen LogP contribution in [0.5, 0.6) is 0 Å². The van der Waals surface area contributed by atoms with Crippen LogP contribution in [0, 0.1) is 3.57 Å². The summed E-state index contributed by atoms with van der Waals surface area (Å²) in [7, 11) is 0. The van der Waals surface area contributed by atoms with Gasteiger partial charge in [-0.05, 0) is 53.6 Å². The van der Waals surface area contributed by atoms with Gasteiger partial charge in [-0.1, -0.05) is 0 Å². The first kappa shape index (κ1) is 9.33. The van der Waals surface area contributed by atoms with Crippen molar-refractivity contribution in [2.45, 2.75) is 18.9 Å². The molecule has 0 unspecified atom stereocenters. The summed E-state index contributed by atoms with van der Waals surface area (Å²) in [6.07, 6.45) is 4.14. The van der Waals surface area contributed by atoms with Gasteiger partial charge in [0, 0.05) is 15.0 Å². The third-order valence-corrected chi connectivity index (χ3v) is 3.19. The first-order chi connectivity index (χ1) is 7.33. The third-order valence-electron chi connectivity index (χ3n) is 2.52. The molecule has 1 aromatic carbocycles. The van der Waals surface area contributed by atoms with E-state index in [1.165, 1.54) is 16.4 Å². The second kappa shape index (κ2) is 3.59. The summed E-state index contributed by atoms with van der Waals surface area (Å²) in [6.45, 7) is 0. The number of halogens is 1. The predicted molar refractivity (Wildman–Crippen MR) is 68.9 cm³/mol. The highest BCUT2D eigenvalue weighted by atomic mass is 127. The fourth-order valence-electron chi connectivity index (χ4n) is 1.56. The molecule has 2 aromatic rings. The van der Waals surface area contributed by atoms with Crippen molar-refractivity contribution in [3.05, 3.63) is 28.1 Å². The molecule has 1 saturated carbocycles. The Bertz CT molecular complexity index is 508. The molecule has 3 nitrogen and oxygen atoms in total. The standard InChI is InChI=1S/C11H10IN3/c12-7-1-4-10-9(5-7)11(14-6-13-10)15-8-2-3-8/h1,4-6,8H,2-3H2,(H,13,14,15). The first-order valence-electron chi connectivity index (χ1n) is 5.00. The second-order valence-electron chi connectivity index (χ2n) is 3.80. The first-order valence-corrected chi connectivity index (χ1v) is 6.07. The maximum Gasteiger partial charge on any atom is 0.137 e. The number of anilines is 1.